The summed E-state index contributed by atoms with van der Waals surface area (Å²) in [5.74, 6) is 0.822. The average molecular weight is 444 g/mol. The molecule has 2 aliphatic rings. The number of rotatable bonds is 5. The Morgan fingerprint density at radius 3 is 2.47 bits per heavy atom. The number of thiophene rings is 1. The molecule has 1 aliphatic carbocycles. The molecule has 1 saturated heterocycles. The number of carbonyl (C=O) groups excluding carboxylic acids is 1. The number of hydrogen-bond acceptors (Lipinski definition) is 7. The van der Waals surface area contributed by atoms with Gasteiger partial charge in [-0.25, -0.2) is 23.1 Å². The highest BCUT2D eigenvalue weighted by Gasteiger charge is 2.28. The van der Waals surface area contributed by atoms with E-state index >= 15 is 0 Å². The fourth-order valence-corrected chi connectivity index (χ4v) is 5.63. The summed E-state index contributed by atoms with van der Waals surface area (Å²) in [7, 11) is -3.51. The van der Waals surface area contributed by atoms with Crippen LogP contribution >= 0.6 is 11.3 Å². The molecular formula is C20H21N5O3S2. The van der Waals surface area contributed by atoms with E-state index in [1.54, 1.807) is 34.7 Å². The number of fused-ring (bicyclic) bond motifs is 1. The molecule has 3 heterocycles. The highest BCUT2D eigenvalue weighted by molar-refractivity contribution is 7.89. The highest BCUT2D eigenvalue weighted by atomic mass is 32.2. The number of aromatic nitrogens is 2. The van der Waals surface area contributed by atoms with Gasteiger partial charge < -0.3 is 9.80 Å². The maximum Gasteiger partial charge on any atom is 0.253 e. The SMILES string of the molecule is O=C(c1ccc(S(=O)(=O)NC2CC2)cc1)N1CCN(c2ncnc3sccc23)CC1. The van der Waals surface area contributed by atoms with Crippen LogP contribution in [-0.4, -0.2) is 61.4 Å². The van der Waals surface area contributed by atoms with Crippen molar-refractivity contribution in [2.24, 2.45) is 0 Å². The molecule has 10 heteroatoms. The Morgan fingerprint density at radius 2 is 1.77 bits per heavy atom. The van der Waals surface area contributed by atoms with Crippen molar-refractivity contribution in [3.63, 3.8) is 0 Å². The maximum absolute atomic E-state index is 12.9. The van der Waals surface area contributed by atoms with Gasteiger partial charge in [-0.1, -0.05) is 0 Å². The monoisotopic (exact) mass is 443 g/mol. The van der Waals surface area contributed by atoms with Gasteiger partial charge in [-0.15, -0.1) is 11.3 Å². The lowest BCUT2D eigenvalue weighted by Gasteiger charge is -2.35. The lowest BCUT2D eigenvalue weighted by Crippen LogP contribution is -2.49. The lowest BCUT2D eigenvalue weighted by atomic mass is 10.2. The number of hydrogen-bond donors (Lipinski definition) is 1. The Morgan fingerprint density at radius 1 is 1.03 bits per heavy atom. The van der Waals surface area contributed by atoms with Crippen molar-refractivity contribution in [3.05, 3.63) is 47.6 Å². The lowest BCUT2D eigenvalue weighted by molar-refractivity contribution is 0.0746. The van der Waals surface area contributed by atoms with Gasteiger partial charge in [-0.05, 0) is 48.6 Å². The molecule has 8 nitrogen and oxygen atoms in total. The molecule has 2 fully saturated rings. The Bertz CT molecular complexity index is 1180. The zero-order chi connectivity index (χ0) is 20.7. The Kier molecular flexibility index (Phi) is 4.92. The molecular weight excluding hydrogens is 422 g/mol. The van der Waals surface area contributed by atoms with E-state index in [1.807, 2.05) is 11.4 Å². The first kappa shape index (κ1) is 19.4. The molecule has 0 bridgehead atoms. The van der Waals surface area contributed by atoms with Gasteiger partial charge in [0.1, 0.15) is 17.0 Å². The van der Waals surface area contributed by atoms with Crippen LogP contribution in [-0.2, 0) is 10.0 Å². The minimum Gasteiger partial charge on any atom is -0.352 e. The van der Waals surface area contributed by atoms with Crippen LogP contribution in [0, 0.1) is 0 Å². The van der Waals surface area contributed by atoms with Crippen LogP contribution in [0.3, 0.4) is 0 Å². The molecule has 0 spiro atoms. The Hall–Kier alpha value is -2.56. The summed E-state index contributed by atoms with van der Waals surface area (Å²) >= 11 is 1.59. The van der Waals surface area contributed by atoms with E-state index in [9.17, 15) is 13.2 Å². The quantitative estimate of drug-likeness (QED) is 0.649. The molecule has 2 aromatic heterocycles. The second kappa shape index (κ2) is 7.60. The van der Waals surface area contributed by atoms with Crippen molar-refractivity contribution in [2.75, 3.05) is 31.1 Å². The number of benzene rings is 1. The molecule has 3 aromatic rings. The summed E-state index contributed by atoms with van der Waals surface area (Å²) in [6, 6.07) is 8.27. The van der Waals surface area contributed by atoms with Gasteiger partial charge in [-0.2, -0.15) is 0 Å². The van der Waals surface area contributed by atoms with E-state index in [1.165, 1.54) is 12.1 Å². The molecule has 156 valence electrons. The Balaban J connectivity index is 1.25. The molecule has 0 radical (unpaired) electrons. The summed E-state index contributed by atoms with van der Waals surface area (Å²) in [6.45, 7) is 2.53. The molecule has 1 N–H and O–H groups in total. The topological polar surface area (TPSA) is 95.5 Å². The third-order valence-electron chi connectivity index (χ3n) is 5.42. The minimum atomic E-state index is -3.51. The van der Waals surface area contributed by atoms with Gasteiger partial charge in [-0.3, -0.25) is 4.79 Å². The highest BCUT2D eigenvalue weighted by Crippen LogP contribution is 2.27. The van der Waals surface area contributed by atoms with Gasteiger partial charge in [0.15, 0.2) is 0 Å². The third kappa shape index (κ3) is 3.78. The van der Waals surface area contributed by atoms with Gasteiger partial charge in [0, 0.05) is 37.8 Å². The van der Waals surface area contributed by atoms with E-state index in [0.717, 1.165) is 28.9 Å². The summed E-state index contributed by atoms with van der Waals surface area (Å²) in [4.78, 5) is 26.8. The van der Waals surface area contributed by atoms with Gasteiger partial charge in [0.05, 0.1) is 10.3 Å². The van der Waals surface area contributed by atoms with Crippen molar-refractivity contribution < 1.29 is 13.2 Å². The smallest absolute Gasteiger partial charge is 0.253 e. The standard InChI is InChI=1S/C20H21N5O3S2/c26-20(14-1-5-16(6-2-14)30(27,28)23-15-3-4-15)25-10-8-24(9-11-25)18-17-7-12-29-19(17)22-13-21-18/h1-2,5-7,12-13,15,23H,3-4,8-11H2. The van der Waals surface area contributed by atoms with Crippen molar-refractivity contribution in [1.82, 2.24) is 19.6 Å². The maximum atomic E-state index is 12.9. The fourth-order valence-electron chi connectivity index (χ4n) is 3.60. The molecule has 1 aliphatic heterocycles. The number of amides is 1. The molecule has 0 atom stereocenters. The van der Waals surface area contributed by atoms with E-state index in [0.29, 0.717) is 31.7 Å². The van der Waals surface area contributed by atoms with Crippen molar-refractivity contribution >= 4 is 43.3 Å². The van der Waals surface area contributed by atoms with Crippen LogP contribution in [0.25, 0.3) is 10.2 Å². The summed E-state index contributed by atoms with van der Waals surface area (Å²) in [5, 5.41) is 3.05. The van der Waals surface area contributed by atoms with Crippen molar-refractivity contribution in [3.8, 4) is 0 Å². The molecule has 1 aromatic carbocycles. The largest absolute Gasteiger partial charge is 0.352 e. The van der Waals surface area contributed by atoms with Crippen LogP contribution in [0.4, 0.5) is 5.82 Å². The number of carbonyl (C=O) groups is 1. The average Bonchev–Trinajstić information content (AvgIpc) is 3.43. The molecule has 5 rings (SSSR count). The van der Waals surface area contributed by atoms with Crippen LogP contribution in [0.5, 0.6) is 0 Å². The number of piperazine rings is 1. The first-order valence-corrected chi connectivity index (χ1v) is 12.2. The van der Waals surface area contributed by atoms with Gasteiger partial charge >= 0.3 is 0 Å². The summed E-state index contributed by atoms with van der Waals surface area (Å²) < 4.78 is 27.2. The van der Waals surface area contributed by atoms with E-state index in [4.69, 9.17) is 0 Å². The molecule has 1 amide bonds. The van der Waals surface area contributed by atoms with E-state index in [2.05, 4.69) is 19.6 Å². The number of nitrogens with zero attached hydrogens (tertiary/aromatic N) is 4. The van der Waals surface area contributed by atoms with Gasteiger partial charge in [0.25, 0.3) is 5.91 Å². The summed E-state index contributed by atoms with van der Waals surface area (Å²) in [5.41, 5.74) is 0.496. The predicted octanol–water partition coefficient (Wildman–Crippen LogP) is 2.09. The molecule has 30 heavy (non-hydrogen) atoms. The molecule has 1 saturated carbocycles. The van der Waals surface area contributed by atoms with Gasteiger partial charge in [0.2, 0.25) is 10.0 Å². The normalized spacial score (nSPS) is 17.5. The number of nitrogens with one attached hydrogen (secondary N) is 1. The second-order valence-electron chi connectivity index (χ2n) is 7.54. The number of anilines is 1. The van der Waals surface area contributed by atoms with Crippen LogP contribution in [0.15, 0.2) is 46.9 Å². The fraction of sp³-hybridized carbons (Fsp3) is 0.350. The van der Waals surface area contributed by atoms with Crippen molar-refractivity contribution in [1.29, 1.82) is 0 Å². The minimum absolute atomic E-state index is 0.0535. The Labute approximate surface area is 178 Å². The first-order chi connectivity index (χ1) is 14.5. The number of sulfonamides is 1. The van der Waals surface area contributed by atoms with E-state index < -0.39 is 10.0 Å². The zero-order valence-corrected chi connectivity index (χ0v) is 17.8. The third-order valence-corrected chi connectivity index (χ3v) is 7.78. The predicted molar refractivity (Wildman–Crippen MR) is 115 cm³/mol. The van der Waals surface area contributed by atoms with Crippen LogP contribution in [0.2, 0.25) is 0 Å². The van der Waals surface area contributed by atoms with Crippen LogP contribution < -0.4 is 9.62 Å². The second-order valence-corrected chi connectivity index (χ2v) is 10.1. The molecule has 0 unspecified atom stereocenters. The first-order valence-electron chi connectivity index (χ1n) is 9.86. The van der Waals surface area contributed by atoms with Crippen molar-refractivity contribution in [2.45, 2.75) is 23.8 Å². The van der Waals surface area contributed by atoms with Crippen LogP contribution in [0.1, 0.15) is 23.2 Å². The zero-order valence-electron chi connectivity index (χ0n) is 16.2. The van der Waals surface area contributed by atoms with E-state index in [-0.39, 0.29) is 16.8 Å². The summed E-state index contributed by atoms with van der Waals surface area (Å²) in [6.07, 6.45) is 3.35.